The third-order valence-electron chi connectivity index (χ3n) is 2.78. The van der Waals surface area contributed by atoms with Crippen LogP contribution in [0.25, 0.3) is 0 Å². The lowest BCUT2D eigenvalue weighted by Gasteiger charge is -2.14. The van der Waals surface area contributed by atoms with Gasteiger partial charge in [-0.15, -0.1) is 0 Å². The molecule has 110 valence electrons. The molecule has 5 heteroatoms. The predicted molar refractivity (Wildman–Crippen MR) is 75.1 cm³/mol. The Labute approximate surface area is 121 Å². The summed E-state index contributed by atoms with van der Waals surface area (Å²) < 4.78 is 31.2. The molecule has 1 N–H and O–H groups in total. The van der Waals surface area contributed by atoms with Crippen molar-refractivity contribution in [1.82, 2.24) is 5.32 Å². The second kappa shape index (κ2) is 6.83. The minimum absolute atomic E-state index is 0.304. The van der Waals surface area contributed by atoms with E-state index in [9.17, 15) is 13.6 Å². The normalized spacial score (nSPS) is 11.8. The number of carbonyl (C=O) groups is 1. The Balaban J connectivity index is 1.89. The van der Waals surface area contributed by atoms with E-state index < -0.39 is 17.7 Å². The first kappa shape index (κ1) is 15.0. The van der Waals surface area contributed by atoms with Gasteiger partial charge < -0.3 is 10.1 Å². The fraction of sp³-hybridized carbons (Fsp3) is 0.188. The van der Waals surface area contributed by atoms with Crippen LogP contribution in [0.15, 0.2) is 48.5 Å². The maximum atomic E-state index is 13.1. The molecule has 1 unspecified atom stereocenters. The lowest BCUT2D eigenvalue weighted by atomic mass is 10.1. The molecule has 0 aromatic heterocycles. The van der Waals surface area contributed by atoms with E-state index in [0.717, 1.165) is 6.07 Å². The van der Waals surface area contributed by atoms with Gasteiger partial charge in [0.2, 0.25) is 0 Å². The Bertz CT molecular complexity index is 597. The van der Waals surface area contributed by atoms with Crippen LogP contribution in [0, 0.1) is 11.6 Å². The molecule has 21 heavy (non-hydrogen) atoms. The molecule has 0 heterocycles. The summed E-state index contributed by atoms with van der Waals surface area (Å²) >= 11 is 0. The summed E-state index contributed by atoms with van der Waals surface area (Å²) in [7, 11) is 0. The van der Waals surface area contributed by atoms with Gasteiger partial charge in [-0.05, 0) is 43.2 Å². The number of ether oxygens (including phenoxy) is 1. The van der Waals surface area contributed by atoms with Crippen LogP contribution in [-0.2, 0) is 6.42 Å². The molecule has 0 aliphatic carbocycles. The Morgan fingerprint density at radius 3 is 2.38 bits per heavy atom. The van der Waals surface area contributed by atoms with E-state index in [2.05, 4.69) is 5.32 Å². The number of hydrogen-bond donors (Lipinski definition) is 1. The number of para-hydroxylation sites is 1. The molecule has 2 rings (SSSR count). The van der Waals surface area contributed by atoms with Gasteiger partial charge in [-0.1, -0.05) is 18.2 Å². The molecule has 2 aromatic rings. The highest BCUT2D eigenvalue weighted by molar-refractivity contribution is 5.70. The van der Waals surface area contributed by atoms with Gasteiger partial charge in [-0.25, -0.2) is 13.6 Å². The zero-order chi connectivity index (χ0) is 15.2. The van der Waals surface area contributed by atoms with Gasteiger partial charge in [0.15, 0.2) is 0 Å². The fourth-order valence-corrected chi connectivity index (χ4v) is 1.96. The Morgan fingerprint density at radius 1 is 1.14 bits per heavy atom. The summed E-state index contributed by atoms with van der Waals surface area (Å²) in [5, 5.41) is 2.61. The smallest absolute Gasteiger partial charge is 0.410 e. The van der Waals surface area contributed by atoms with Gasteiger partial charge in [0, 0.05) is 12.1 Å². The minimum atomic E-state index is -0.635. The summed E-state index contributed by atoms with van der Waals surface area (Å²) in [6.45, 7) is 1.73. The van der Waals surface area contributed by atoms with Crippen molar-refractivity contribution >= 4 is 6.09 Å². The number of nitrogens with one attached hydrogen (secondary N) is 1. The van der Waals surface area contributed by atoms with Crippen molar-refractivity contribution < 1.29 is 18.3 Å². The average molecular weight is 291 g/mol. The Hall–Kier alpha value is -2.43. The first-order valence-corrected chi connectivity index (χ1v) is 6.51. The minimum Gasteiger partial charge on any atom is -0.410 e. The van der Waals surface area contributed by atoms with E-state index in [1.807, 2.05) is 6.07 Å². The third-order valence-corrected chi connectivity index (χ3v) is 2.78. The Kier molecular flexibility index (Phi) is 4.87. The van der Waals surface area contributed by atoms with Crippen LogP contribution in [0.5, 0.6) is 5.75 Å². The van der Waals surface area contributed by atoms with Crippen LogP contribution in [-0.4, -0.2) is 12.1 Å². The highest BCUT2D eigenvalue weighted by Crippen LogP contribution is 2.11. The molecule has 0 aliphatic rings. The van der Waals surface area contributed by atoms with E-state index in [0.29, 0.717) is 17.7 Å². The van der Waals surface area contributed by atoms with E-state index in [4.69, 9.17) is 4.74 Å². The molecule has 0 bridgehead atoms. The first-order chi connectivity index (χ1) is 10.0. The quantitative estimate of drug-likeness (QED) is 0.933. The number of halogens is 2. The molecular formula is C16H15F2NO2. The standard InChI is InChI=1S/C16H15F2NO2/c1-11(7-12-8-13(17)10-14(18)9-12)19-16(20)21-15-5-3-2-4-6-15/h2-6,8-11H,7H2,1H3,(H,19,20). The molecule has 2 aromatic carbocycles. The van der Waals surface area contributed by atoms with Gasteiger partial charge in [0.1, 0.15) is 17.4 Å². The molecule has 1 amide bonds. The highest BCUT2D eigenvalue weighted by Gasteiger charge is 2.11. The maximum absolute atomic E-state index is 13.1. The van der Waals surface area contributed by atoms with Gasteiger partial charge in [0.25, 0.3) is 0 Å². The summed E-state index contributed by atoms with van der Waals surface area (Å²) in [6.07, 6.45) is -0.302. The van der Waals surface area contributed by atoms with Gasteiger partial charge >= 0.3 is 6.09 Å². The lowest BCUT2D eigenvalue weighted by Crippen LogP contribution is -2.36. The molecule has 3 nitrogen and oxygen atoms in total. The molecule has 0 aliphatic heterocycles. The molecule has 0 saturated heterocycles. The van der Waals surface area contributed by atoms with E-state index in [1.54, 1.807) is 31.2 Å². The zero-order valence-corrected chi connectivity index (χ0v) is 11.5. The molecule has 0 saturated carbocycles. The van der Waals surface area contributed by atoms with Gasteiger partial charge in [0.05, 0.1) is 0 Å². The first-order valence-electron chi connectivity index (χ1n) is 6.51. The van der Waals surface area contributed by atoms with Crippen LogP contribution in [0.3, 0.4) is 0 Å². The lowest BCUT2D eigenvalue weighted by molar-refractivity contribution is 0.197. The van der Waals surface area contributed by atoms with Crippen molar-refractivity contribution in [3.05, 3.63) is 65.7 Å². The SMILES string of the molecule is CC(Cc1cc(F)cc(F)c1)NC(=O)Oc1ccccc1. The summed E-state index contributed by atoms with van der Waals surface area (Å²) in [5.41, 5.74) is 0.472. The van der Waals surface area contributed by atoms with Crippen molar-refractivity contribution in [1.29, 1.82) is 0 Å². The zero-order valence-electron chi connectivity index (χ0n) is 11.5. The van der Waals surface area contributed by atoms with Crippen LogP contribution in [0.4, 0.5) is 13.6 Å². The van der Waals surface area contributed by atoms with Crippen molar-refractivity contribution in [3.63, 3.8) is 0 Å². The van der Waals surface area contributed by atoms with Crippen LogP contribution < -0.4 is 10.1 Å². The van der Waals surface area contributed by atoms with Crippen molar-refractivity contribution in [2.45, 2.75) is 19.4 Å². The second-order valence-electron chi connectivity index (χ2n) is 4.73. The number of rotatable bonds is 4. The molecule has 0 fully saturated rings. The topological polar surface area (TPSA) is 38.3 Å². The molecular weight excluding hydrogens is 276 g/mol. The van der Waals surface area contributed by atoms with Crippen molar-refractivity contribution in [2.24, 2.45) is 0 Å². The van der Waals surface area contributed by atoms with E-state index in [1.165, 1.54) is 12.1 Å². The molecule has 0 spiro atoms. The third kappa shape index (κ3) is 4.87. The van der Waals surface area contributed by atoms with Crippen molar-refractivity contribution in [2.75, 3.05) is 0 Å². The van der Waals surface area contributed by atoms with Crippen LogP contribution >= 0.6 is 0 Å². The van der Waals surface area contributed by atoms with Gasteiger partial charge in [-0.2, -0.15) is 0 Å². The number of carbonyl (C=O) groups excluding carboxylic acids is 1. The second-order valence-corrected chi connectivity index (χ2v) is 4.73. The summed E-state index contributed by atoms with van der Waals surface area (Å²) in [5.74, 6) is -0.841. The monoisotopic (exact) mass is 291 g/mol. The number of benzene rings is 2. The predicted octanol–water partition coefficient (Wildman–Crippen LogP) is 3.68. The van der Waals surface area contributed by atoms with Crippen molar-refractivity contribution in [3.8, 4) is 5.75 Å². The van der Waals surface area contributed by atoms with Gasteiger partial charge in [-0.3, -0.25) is 0 Å². The maximum Gasteiger partial charge on any atom is 0.412 e. The summed E-state index contributed by atoms with van der Waals surface area (Å²) in [6, 6.07) is 11.6. The Morgan fingerprint density at radius 2 is 1.76 bits per heavy atom. The number of hydrogen-bond acceptors (Lipinski definition) is 2. The summed E-state index contributed by atoms with van der Waals surface area (Å²) in [4.78, 5) is 11.7. The van der Waals surface area contributed by atoms with E-state index >= 15 is 0 Å². The average Bonchev–Trinajstić information content (AvgIpc) is 2.37. The van der Waals surface area contributed by atoms with E-state index in [-0.39, 0.29) is 6.04 Å². The number of amides is 1. The molecule has 1 atom stereocenters. The largest absolute Gasteiger partial charge is 0.412 e. The molecule has 0 radical (unpaired) electrons. The van der Waals surface area contributed by atoms with Crippen LogP contribution in [0.1, 0.15) is 12.5 Å². The fourth-order valence-electron chi connectivity index (χ4n) is 1.96. The van der Waals surface area contributed by atoms with Crippen LogP contribution in [0.2, 0.25) is 0 Å². The highest BCUT2D eigenvalue weighted by atomic mass is 19.1.